The lowest BCUT2D eigenvalue weighted by molar-refractivity contribution is 0.150. The third-order valence-corrected chi connectivity index (χ3v) is 2.17. The Morgan fingerprint density at radius 2 is 2.15 bits per heavy atom. The van der Waals surface area contributed by atoms with Crippen molar-refractivity contribution in [2.75, 3.05) is 7.11 Å². The molecule has 1 aromatic rings. The Morgan fingerprint density at radius 1 is 1.54 bits per heavy atom. The zero-order chi connectivity index (χ0) is 10.0. The van der Waals surface area contributed by atoms with Gasteiger partial charge in [-0.05, 0) is 28.9 Å². The summed E-state index contributed by atoms with van der Waals surface area (Å²) in [4.78, 5) is 3.86. The number of alkyl halides is 2. The molecule has 1 heterocycles. The van der Waals surface area contributed by atoms with E-state index in [-0.39, 0.29) is 11.3 Å². The molecule has 0 bridgehead atoms. The Bertz CT molecular complexity index is 317. The summed E-state index contributed by atoms with van der Waals surface area (Å²) in [7, 11) is 1.44. The highest BCUT2D eigenvalue weighted by Crippen LogP contribution is 2.29. The number of halogens is 3. The summed E-state index contributed by atoms with van der Waals surface area (Å²) < 4.78 is 30.0. The lowest BCUT2D eigenvalue weighted by Gasteiger charge is -2.07. The van der Waals surface area contributed by atoms with E-state index in [1.807, 2.05) is 0 Å². The second kappa shape index (κ2) is 4.00. The van der Waals surface area contributed by atoms with Crippen LogP contribution in [0.25, 0.3) is 0 Å². The number of rotatable bonds is 2. The Hall–Kier alpha value is -0.710. The molecule has 0 radical (unpaired) electrons. The molecule has 13 heavy (non-hydrogen) atoms. The molecule has 0 N–H and O–H groups in total. The molecular formula is C8H8BrF2NO. The van der Waals surface area contributed by atoms with E-state index < -0.39 is 6.43 Å². The molecule has 0 aliphatic carbocycles. The van der Waals surface area contributed by atoms with Gasteiger partial charge in [-0.2, -0.15) is 0 Å². The molecule has 1 aromatic heterocycles. The smallest absolute Gasteiger partial charge is 0.265 e. The Kier molecular flexibility index (Phi) is 3.19. The number of hydrogen-bond acceptors (Lipinski definition) is 2. The molecule has 0 aromatic carbocycles. The second-order valence-electron chi connectivity index (χ2n) is 2.45. The maximum absolute atomic E-state index is 12.3. The maximum atomic E-state index is 12.3. The van der Waals surface area contributed by atoms with Gasteiger partial charge in [0.15, 0.2) is 0 Å². The number of ether oxygens (including phenoxy) is 1. The van der Waals surface area contributed by atoms with Gasteiger partial charge in [-0.3, -0.25) is 0 Å². The molecule has 72 valence electrons. The monoisotopic (exact) mass is 251 g/mol. The average molecular weight is 252 g/mol. The minimum absolute atomic E-state index is 0.0762. The van der Waals surface area contributed by atoms with Crippen LogP contribution >= 0.6 is 15.9 Å². The average Bonchev–Trinajstić information content (AvgIpc) is 2.07. The van der Waals surface area contributed by atoms with Crippen molar-refractivity contribution in [2.45, 2.75) is 13.3 Å². The van der Waals surface area contributed by atoms with Crippen molar-refractivity contribution in [3.8, 4) is 5.88 Å². The number of methoxy groups -OCH3 is 1. The maximum Gasteiger partial charge on any atom is 0.265 e. The molecule has 0 unspecified atom stereocenters. The molecule has 5 heteroatoms. The zero-order valence-corrected chi connectivity index (χ0v) is 8.73. The summed E-state index contributed by atoms with van der Waals surface area (Å²) in [6.45, 7) is 1.52. The van der Waals surface area contributed by atoms with E-state index in [4.69, 9.17) is 4.74 Å². The first-order valence-corrected chi connectivity index (χ1v) is 4.34. The van der Waals surface area contributed by atoms with Gasteiger partial charge in [0.1, 0.15) is 0 Å². The van der Waals surface area contributed by atoms with Crippen molar-refractivity contribution in [3.63, 3.8) is 0 Å². The van der Waals surface area contributed by atoms with Crippen molar-refractivity contribution < 1.29 is 13.5 Å². The van der Waals surface area contributed by atoms with Crippen LogP contribution < -0.4 is 4.74 Å². The normalized spacial score (nSPS) is 10.6. The van der Waals surface area contributed by atoms with Gasteiger partial charge in [-0.1, -0.05) is 0 Å². The van der Waals surface area contributed by atoms with Gasteiger partial charge in [0, 0.05) is 5.56 Å². The van der Waals surface area contributed by atoms with Crippen molar-refractivity contribution in [3.05, 3.63) is 21.8 Å². The molecular weight excluding hydrogens is 244 g/mol. The standard InChI is InChI=1S/C8H8BrF2NO/c1-4-5(7(10)11)3-6(9)8(12-4)13-2/h3,7H,1-2H3. The molecule has 0 aliphatic rings. The van der Waals surface area contributed by atoms with Crippen molar-refractivity contribution in [1.82, 2.24) is 4.98 Å². The van der Waals surface area contributed by atoms with E-state index in [0.717, 1.165) is 0 Å². The van der Waals surface area contributed by atoms with E-state index in [2.05, 4.69) is 20.9 Å². The minimum atomic E-state index is -2.50. The van der Waals surface area contributed by atoms with Crippen LogP contribution in [0.3, 0.4) is 0 Å². The summed E-state index contributed by atoms with van der Waals surface area (Å²) >= 11 is 3.09. The van der Waals surface area contributed by atoms with E-state index in [0.29, 0.717) is 10.4 Å². The molecule has 0 amide bonds. The number of nitrogens with zero attached hydrogens (tertiary/aromatic N) is 1. The molecule has 0 saturated carbocycles. The molecule has 0 saturated heterocycles. The molecule has 0 fully saturated rings. The van der Waals surface area contributed by atoms with Gasteiger partial charge in [-0.15, -0.1) is 0 Å². The summed E-state index contributed by atoms with van der Waals surface area (Å²) in [5.41, 5.74) is 0.211. The first kappa shape index (κ1) is 10.4. The van der Waals surface area contributed by atoms with Crippen LogP contribution in [0.15, 0.2) is 10.5 Å². The second-order valence-corrected chi connectivity index (χ2v) is 3.31. The SMILES string of the molecule is COc1nc(C)c(C(F)F)cc1Br. The number of aryl methyl sites for hydroxylation is 1. The van der Waals surface area contributed by atoms with Crippen LogP contribution in [0.4, 0.5) is 8.78 Å². The highest BCUT2D eigenvalue weighted by atomic mass is 79.9. The van der Waals surface area contributed by atoms with E-state index in [1.54, 1.807) is 0 Å². The van der Waals surface area contributed by atoms with E-state index >= 15 is 0 Å². The third-order valence-electron chi connectivity index (χ3n) is 1.60. The number of pyridine rings is 1. The van der Waals surface area contributed by atoms with Gasteiger partial charge in [0.2, 0.25) is 5.88 Å². The number of aromatic nitrogens is 1. The first-order chi connectivity index (χ1) is 6.06. The molecule has 1 rings (SSSR count). The van der Waals surface area contributed by atoms with Gasteiger partial charge < -0.3 is 4.74 Å². The lowest BCUT2D eigenvalue weighted by atomic mass is 10.2. The Balaban J connectivity index is 3.20. The summed E-state index contributed by atoms with van der Waals surface area (Å²) in [6, 6.07) is 1.33. The molecule has 2 nitrogen and oxygen atoms in total. The number of hydrogen-bond donors (Lipinski definition) is 0. The molecule has 0 atom stereocenters. The van der Waals surface area contributed by atoms with Crippen LogP contribution in [0.5, 0.6) is 5.88 Å². The van der Waals surface area contributed by atoms with E-state index in [9.17, 15) is 8.78 Å². The Morgan fingerprint density at radius 3 is 2.62 bits per heavy atom. The topological polar surface area (TPSA) is 22.1 Å². The van der Waals surface area contributed by atoms with Crippen LogP contribution in [-0.2, 0) is 0 Å². The summed E-state index contributed by atoms with van der Waals surface area (Å²) in [5.74, 6) is 0.321. The van der Waals surface area contributed by atoms with Crippen molar-refractivity contribution >= 4 is 15.9 Å². The fourth-order valence-corrected chi connectivity index (χ4v) is 1.43. The van der Waals surface area contributed by atoms with E-state index in [1.165, 1.54) is 20.1 Å². The minimum Gasteiger partial charge on any atom is -0.480 e. The summed E-state index contributed by atoms with van der Waals surface area (Å²) in [5, 5.41) is 0. The van der Waals surface area contributed by atoms with Gasteiger partial charge in [0.05, 0.1) is 17.3 Å². The van der Waals surface area contributed by atoms with Gasteiger partial charge in [0.25, 0.3) is 6.43 Å². The van der Waals surface area contributed by atoms with Crippen LogP contribution in [0, 0.1) is 6.92 Å². The van der Waals surface area contributed by atoms with Gasteiger partial charge in [-0.25, -0.2) is 13.8 Å². The van der Waals surface area contributed by atoms with Crippen LogP contribution in [0.1, 0.15) is 17.7 Å². The van der Waals surface area contributed by atoms with Crippen LogP contribution in [0.2, 0.25) is 0 Å². The quantitative estimate of drug-likeness (QED) is 0.806. The van der Waals surface area contributed by atoms with Crippen molar-refractivity contribution in [1.29, 1.82) is 0 Å². The zero-order valence-electron chi connectivity index (χ0n) is 7.14. The predicted octanol–water partition coefficient (Wildman–Crippen LogP) is 3.10. The third kappa shape index (κ3) is 2.15. The Labute approximate surface area is 83.1 Å². The molecule has 0 spiro atoms. The fraction of sp³-hybridized carbons (Fsp3) is 0.375. The highest BCUT2D eigenvalue weighted by molar-refractivity contribution is 9.10. The highest BCUT2D eigenvalue weighted by Gasteiger charge is 2.14. The molecule has 0 aliphatic heterocycles. The van der Waals surface area contributed by atoms with Gasteiger partial charge >= 0.3 is 0 Å². The largest absolute Gasteiger partial charge is 0.480 e. The predicted molar refractivity (Wildman–Crippen MR) is 48.2 cm³/mol. The van der Waals surface area contributed by atoms with Crippen molar-refractivity contribution in [2.24, 2.45) is 0 Å². The van der Waals surface area contributed by atoms with Crippen LogP contribution in [-0.4, -0.2) is 12.1 Å². The first-order valence-electron chi connectivity index (χ1n) is 3.55. The fourth-order valence-electron chi connectivity index (χ4n) is 0.937. The summed E-state index contributed by atoms with van der Waals surface area (Å²) in [6.07, 6.45) is -2.50. The lowest BCUT2D eigenvalue weighted by Crippen LogP contribution is -1.97.